The predicted molar refractivity (Wildman–Crippen MR) is 138 cm³/mol. The number of carbonyl (C=O) groups excluding carboxylic acids is 1. The minimum atomic E-state index is -0.610. The third kappa shape index (κ3) is 3.69. The van der Waals surface area contributed by atoms with Crippen LogP contribution in [-0.2, 0) is 0 Å². The van der Waals surface area contributed by atoms with Crippen molar-refractivity contribution in [2.24, 2.45) is 5.41 Å². The Bertz CT molecular complexity index is 1390. The third-order valence-electron chi connectivity index (χ3n) is 7.98. The average Bonchev–Trinajstić information content (AvgIpc) is 3.57. The van der Waals surface area contributed by atoms with Crippen LogP contribution in [0.25, 0.3) is 21.9 Å². The first-order valence-electron chi connectivity index (χ1n) is 12.3. The summed E-state index contributed by atoms with van der Waals surface area (Å²) in [5.74, 6) is 0.777. The van der Waals surface area contributed by atoms with Gasteiger partial charge in [0.2, 0.25) is 0 Å². The van der Waals surface area contributed by atoms with Crippen LogP contribution in [0.2, 0.25) is 0 Å². The van der Waals surface area contributed by atoms with Gasteiger partial charge in [-0.15, -0.1) is 0 Å². The van der Waals surface area contributed by atoms with Gasteiger partial charge in [-0.2, -0.15) is 5.10 Å². The van der Waals surface area contributed by atoms with E-state index >= 15 is 0 Å². The molecule has 1 spiro atoms. The SMILES string of the molecule is COc1cc(N2CCC3(CCN(C(=O)c4cccc5ccncc45)CC3)C2O)ccc1-c1cn[nH]c1. The van der Waals surface area contributed by atoms with Crippen LogP contribution in [0, 0.1) is 5.41 Å². The number of fused-ring (bicyclic) bond motifs is 1. The number of carbonyl (C=O) groups is 1. The fourth-order valence-corrected chi connectivity index (χ4v) is 5.82. The minimum absolute atomic E-state index is 0.0346. The lowest BCUT2D eigenvalue weighted by atomic mass is 9.76. The van der Waals surface area contributed by atoms with Gasteiger partial charge in [0.15, 0.2) is 0 Å². The number of pyridine rings is 1. The highest BCUT2D eigenvalue weighted by atomic mass is 16.5. The number of nitrogens with zero attached hydrogens (tertiary/aromatic N) is 4. The Morgan fingerprint density at radius 2 is 1.94 bits per heavy atom. The number of aliphatic hydroxyl groups is 1. The van der Waals surface area contributed by atoms with Crippen molar-refractivity contribution in [3.63, 3.8) is 0 Å². The van der Waals surface area contributed by atoms with Crippen LogP contribution in [-0.4, -0.2) is 64.1 Å². The standard InChI is InChI=1S/C28H29N5O3/c1-36-25-15-21(5-6-22(25)20-16-30-31-17-20)33-14-10-28(27(33)35)8-12-32(13-9-28)26(34)23-4-2-3-19-7-11-29-18-24(19)23/h2-7,11,15-18,27,35H,8-10,12-14H2,1H3,(H,30,31). The fraction of sp³-hybridized carbons (Fsp3) is 0.321. The number of methoxy groups -OCH3 is 1. The number of aromatic amines is 1. The largest absolute Gasteiger partial charge is 0.496 e. The van der Waals surface area contributed by atoms with Crippen LogP contribution >= 0.6 is 0 Å². The van der Waals surface area contributed by atoms with Crippen molar-refractivity contribution in [1.29, 1.82) is 0 Å². The molecule has 4 aromatic rings. The molecule has 2 fully saturated rings. The predicted octanol–water partition coefficient (Wildman–Crippen LogP) is 4.08. The highest BCUT2D eigenvalue weighted by Crippen LogP contribution is 2.47. The van der Waals surface area contributed by atoms with Gasteiger partial charge in [0, 0.05) is 77.5 Å². The second-order valence-corrected chi connectivity index (χ2v) is 9.75. The Morgan fingerprint density at radius 3 is 2.72 bits per heavy atom. The van der Waals surface area contributed by atoms with Crippen LogP contribution in [0.5, 0.6) is 5.75 Å². The maximum absolute atomic E-state index is 13.4. The number of piperidine rings is 1. The molecule has 0 bridgehead atoms. The van der Waals surface area contributed by atoms with Gasteiger partial charge in [0.05, 0.1) is 13.3 Å². The lowest BCUT2D eigenvalue weighted by molar-refractivity contribution is 0.00251. The molecule has 0 aliphatic carbocycles. The molecule has 0 saturated carbocycles. The zero-order valence-corrected chi connectivity index (χ0v) is 20.2. The average molecular weight is 484 g/mol. The first-order chi connectivity index (χ1) is 17.6. The Morgan fingerprint density at radius 1 is 1.11 bits per heavy atom. The molecular formula is C28H29N5O3. The molecule has 0 radical (unpaired) electrons. The van der Waals surface area contributed by atoms with E-state index in [0.717, 1.165) is 59.1 Å². The zero-order chi connectivity index (χ0) is 24.7. The van der Waals surface area contributed by atoms with E-state index in [-0.39, 0.29) is 11.3 Å². The summed E-state index contributed by atoms with van der Waals surface area (Å²) in [4.78, 5) is 21.6. The minimum Gasteiger partial charge on any atom is -0.496 e. The Kier molecular flexibility index (Phi) is 5.60. The van der Waals surface area contributed by atoms with Gasteiger partial charge < -0.3 is 19.6 Å². The number of aromatic nitrogens is 3. The van der Waals surface area contributed by atoms with Gasteiger partial charge in [-0.3, -0.25) is 14.9 Å². The Hall–Kier alpha value is -3.91. The van der Waals surface area contributed by atoms with E-state index in [1.807, 2.05) is 53.6 Å². The van der Waals surface area contributed by atoms with E-state index in [9.17, 15) is 9.90 Å². The van der Waals surface area contributed by atoms with E-state index in [1.54, 1.807) is 25.7 Å². The number of benzene rings is 2. The number of likely N-dealkylation sites (tertiary alicyclic amines) is 1. The molecule has 6 rings (SSSR count). The molecule has 2 aliphatic heterocycles. The highest BCUT2D eigenvalue weighted by molar-refractivity contribution is 6.06. The van der Waals surface area contributed by atoms with Crippen molar-refractivity contribution in [1.82, 2.24) is 20.1 Å². The molecule has 1 atom stereocenters. The van der Waals surface area contributed by atoms with Crippen LogP contribution < -0.4 is 9.64 Å². The summed E-state index contributed by atoms with van der Waals surface area (Å²) in [6, 6.07) is 13.8. The van der Waals surface area contributed by atoms with Gasteiger partial charge >= 0.3 is 0 Å². The van der Waals surface area contributed by atoms with Crippen molar-refractivity contribution < 1.29 is 14.6 Å². The molecule has 2 aromatic carbocycles. The number of hydrogen-bond donors (Lipinski definition) is 2. The molecular weight excluding hydrogens is 454 g/mol. The van der Waals surface area contributed by atoms with E-state index in [4.69, 9.17) is 4.74 Å². The molecule has 2 N–H and O–H groups in total. The molecule has 2 saturated heterocycles. The smallest absolute Gasteiger partial charge is 0.254 e. The van der Waals surface area contributed by atoms with Crippen molar-refractivity contribution >= 4 is 22.4 Å². The molecule has 2 aromatic heterocycles. The van der Waals surface area contributed by atoms with Crippen LogP contribution in [0.15, 0.2) is 67.3 Å². The summed E-state index contributed by atoms with van der Waals surface area (Å²) in [6.07, 6.45) is 8.92. The number of aliphatic hydroxyl groups excluding tert-OH is 1. The summed E-state index contributed by atoms with van der Waals surface area (Å²) >= 11 is 0. The van der Waals surface area contributed by atoms with Crippen molar-refractivity contribution in [3.8, 4) is 16.9 Å². The normalized spacial score (nSPS) is 19.2. The number of hydrogen-bond acceptors (Lipinski definition) is 6. The zero-order valence-electron chi connectivity index (χ0n) is 20.2. The van der Waals surface area contributed by atoms with Crippen LogP contribution in [0.4, 0.5) is 5.69 Å². The van der Waals surface area contributed by atoms with Crippen molar-refractivity contribution in [2.75, 3.05) is 31.6 Å². The molecule has 4 heterocycles. The lowest BCUT2D eigenvalue weighted by Crippen LogP contribution is -2.48. The highest BCUT2D eigenvalue weighted by Gasteiger charge is 2.48. The van der Waals surface area contributed by atoms with Gasteiger partial charge in [-0.25, -0.2) is 0 Å². The maximum atomic E-state index is 13.4. The third-order valence-corrected chi connectivity index (χ3v) is 7.98. The molecule has 1 amide bonds. The Balaban J connectivity index is 1.18. The summed E-state index contributed by atoms with van der Waals surface area (Å²) in [5, 5.41) is 20.2. The van der Waals surface area contributed by atoms with Crippen LogP contribution in [0.1, 0.15) is 29.6 Å². The number of amides is 1. The monoisotopic (exact) mass is 483 g/mol. The molecule has 36 heavy (non-hydrogen) atoms. The summed E-state index contributed by atoms with van der Waals surface area (Å²) in [5.41, 5.74) is 3.30. The second-order valence-electron chi connectivity index (χ2n) is 9.75. The summed E-state index contributed by atoms with van der Waals surface area (Å²) in [6.45, 7) is 2.02. The summed E-state index contributed by atoms with van der Waals surface area (Å²) in [7, 11) is 1.66. The molecule has 1 unspecified atom stereocenters. The first kappa shape index (κ1) is 22.5. The van der Waals surface area contributed by atoms with Crippen molar-refractivity contribution in [2.45, 2.75) is 25.5 Å². The lowest BCUT2D eigenvalue weighted by Gasteiger charge is -2.42. The first-order valence-corrected chi connectivity index (χ1v) is 12.3. The van der Waals surface area contributed by atoms with Crippen molar-refractivity contribution in [3.05, 3.63) is 72.8 Å². The number of nitrogens with one attached hydrogen (secondary N) is 1. The van der Waals surface area contributed by atoms with Gasteiger partial charge in [-0.05, 0) is 48.9 Å². The van der Waals surface area contributed by atoms with Gasteiger partial charge in [-0.1, -0.05) is 12.1 Å². The number of anilines is 1. The Labute approximate surface area is 209 Å². The molecule has 184 valence electrons. The molecule has 8 nitrogen and oxygen atoms in total. The quantitative estimate of drug-likeness (QED) is 0.454. The number of rotatable bonds is 4. The van der Waals surface area contributed by atoms with Gasteiger partial charge in [0.25, 0.3) is 5.91 Å². The topological polar surface area (TPSA) is 94.6 Å². The molecule has 2 aliphatic rings. The summed E-state index contributed by atoms with van der Waals surface area (Å²) < 4.78 is 5.66. The second kappa shape index (κ2) is 8.95. The van der Waals surface area contributed by atoms with Gasteiger partial charge in [0.1, 0.15) is 12.0 Å². The van der Waals surface area contributed by atoms with E-state index in [1.165, 1.54) is 0 Å². The van der Waals surface area contributed by atoms with E-state index in [2.05, 4.69) is 20.1 Å². The maximum Gasteiger partial charge on any atom is 0.254 e. The van der Waals surface area contributed by atoms with E-state index in [0.29, 0.717) is 18.7 Å². The number of ether oxygens (including phenoxy) is 1. The van der Waals surface area contributed by atoms with E-state index < -0.39 is 6.23 Å². The number of H-pyrrole nitrogens is 1. The molecule has 8 heteroatoms. The van der Waals surface area contributed by atoms with Crippen LogP contribution in [0.3, 0.4) is 0 Å². The fourth-order valence-electron chi connectivity index (χ4n) is 5.82.